The van der Waals surface area contributed by atoms with Gasteiger partial charge in [0.25, 0.3) is 0 Å². The highest BCUT2D eigenvalue weighted by atomic mass is 16.4. The smallest absolute Gasteiger partial charge is 0.196 e. The van der Waals surface area contributed by atoms with Gasteiger partial charge in [-0.3, -0.25) is 0 Å². The zero-order valence-corrected chi connectivity index (χ0v) is 11.1. The molecule has 98 valence electrons. The highest BCUT2D eigenvalue weighted by Crippen LogP contribution is 2.28. The summed E-state index contributed by atoms with van der Waals surface area (Å²) in [5.41, 5.74) is 2.08. The predicted molar refractivity (Wildman–Crippen MR) is 74.1 cm³/mol. The Morgan fingerprint density at radius 2 is 2.05 bits per heavy atom. The number of furan rings is 1. The Labute approximate surface area is 111 Å². The topological polar surface area (TPSA) is 51.2 Å². The molecule has 0 aliphatic carbocycles. The van der Waals surface area contributed by atoms with Gasteiger partial charge >= 0.3 is 0 Å². The molecule has 4 heteroatoms. The summed E-state index contributed by atoms with van der Waals surface area (Å²) in [6.07, 6.45) is 2.49. The Morgan fingerprint density at radius 3 is 2.89 bits per heavy atom. The van der Waals surface area contributed by atoms with Crippen LogP contribution in [0.3, 0.4) is 0 Å². The average Bonchev–Trinajstić information content (AvgIpc) is 3.01. The highest BCUT2D eigenvalue weighted by Gasteiger charge is 2.11. The lowest BCUT2D eigenvalue weighted by molar-refractivity contribution is 0.484. The predicted octanol–water partition coefficient (Wildman–Crippen LogP) is 3.16. The van der Waals surface area contributed by atoms with Crippen molar-refractivity contribution in [3.8, 4) is 11.5 Å². The maximum atomic E-state index is 5.78. The van der Waals surface area contributed by atoms with E-state index in [0.29, 0.717) is 5.76 Å². The number of aromatic nitrogens is 1. The maximum Gasteiger partial charge on any atom is 0.196 e. The quantitative estimate of drug-likeness (QED) is 0.779. The van der Waals surface area contributed by atoms with E-state index in [0.717, 1.165) is 35.6 Å². The second-order valence-corrected chi connectivity index (χ2v) is 4.62. The zero-order valence-electron chi connectivity index (χ0n) is 11.1. The van der Waals surface area contributed by atoms with Gasteiger partial charge in [0.15, 0.2) is 17.4 Å². The Balaban J connectivity index is 1.92. The Morgan fingerprint density at radius 1 is 1.16 bits per heavy atom. The number of hydrogen-bond acceptors (Lipinski definition) is 4. The summed E-state index contributed by atoms with van der Waals surface area (Å²) < 4.78 is 11.5. The van der Waals surface area contributed by atoms with Crippen LogP contribution in [0.15, 0.2) is 39.3 Å². The van der Waals surface area contributed by atoms with Crippen molar-refractivity contribution >= 4 is 11.0 Å². The monoisotopic (exact) mass is 256 g/mol. The molecule has 3 aromatic rings. The number of nitrogens with zero attached hydrogens (tertiary/aromatic N) is 1. The summed E-state index contributed by atoms with van der Waals surface area (Å²) in [6.45, 7) is 2.91. The van der Waals surface area contributed by atoms with Crippen LogP contribution in [0.2, 0.25) is 0 Å². The van der Waals surface area contributed by atoms with Crippen molar-refractivity contribution in [2.75, 3.05) is 13.6 Å². The number of aryl methyl sites for hydroxylation is 1. The van der Waals surface area contributed by atoms with Crippen molar-refractivity contribution in [2.45, 2.75) is 13.3 Å². The standard InChI is InChI=1S/C15H16N2O2/c1-10-3-4-12-11(7-10)8-13(18-12)14-9-17-15(19-14)5-6-16-2/h3-4,7-9,16H,5-6H2,1-2H3. The first kappa shape index (κ1) is 12.0. The van der Waals surface area contributed by atoms with Gasteiger partial charge in [-0.25, -0.2) is 4.98 Å². The van der Waals surface area contributed by atoms with Crippen molar-refractivity contribution in [1.29, 1.82) is 0 Å². The fraction of sp³-hybridized carbons (Fsp3) is 0.267. The molecule has 0 saturated heterocycles. The van der Waals surface area contributed by atoms with Crippen LogP contribution in [0.1, 0.15) is 11.5 Å². The van der Waals surface area contributed by atoms with Crippen molar-refractivity contribution < 1.29 is 8.83 Å². The molecule has 0 radical (unpaired) electrons. The molecule has 0 bridgehead atoms. The molecule has 3 rings (SSSR count). The Bertz CT molecular complexity index is 697. The maximum absolute atomic E-state index is 5.78. The van der Waals surface area contributed by atoms with E-state index in [2.05, 4.69) is 23.3 Å². The Hall–Kier alpha value is -2.07. The first-order chi connectivity index (χ1) is 9.26. The molecule has 1 aromatic carbocycles. The summed E-state index contributed by atoms with van der Waals surface area (Å²) in [4.78, 5) is 4.25. The van der Waals surface area contributed by atoms with Crippen molar-refractivity contribution in [3.63, 3.8) is 0 Å². The lowest BCUT2D eigenvalue weighted by Gasteiger charge is -1.93. The number of fused-ring (bicyclic) bond motifs is 1. The molecule has 0 unspecified atom stereocenters. The molecule has 0 aliphatic heterocycles. The average molecular weight is 256 g/mol. The van der Waals surface area contributed by atoms with E-state index in [1.807, 2.05) is 25.2 Å². The number of nitrogens with one attached hydrogen (secondary N) is 1. The molecule has 19 heavy (non-hydrogen) atoms. The van der Waals surface area contributed by atoms with Gasteiger partial charge < -0.3 is 14.2 Å². The fourth-order valence-corrected chi connectivity index (χ4v) is 2.06. The molecule has 0 amide bonds. The van der Waals surface area contributed by atoms with Gasteiger partial charge in [0, 0.05) is 18.4 Å². The molecule has 0 spiro atoms. The number of hydrogen-bond donors (Lipinski definition) is 1. The Kier molecular flexibility index (Phi) is 3.09. The van der Waals surface area contributed by atoms with Crippen LogP contribution in [0.25, 0.3) is 22.5 Å². The normalized spacial score (nSPS) is 11.3. The SMILES string of the molecule is CNCCc1ncc(-c2cc3cc(C)ccc3o2)o1. The van der Waals surface area contributed by atoms with E-state index in [4.69, 9.17) is 8.83 Å². The van der Waals surface area contributed by atoms with E-state index < -0.39 is 0 Å². The minimum absolute atomic E-state index is 0.681. The van der Waals surface area contributed by atoms with Crippen LogP contribution in [-0.2, 0) is 6.42 Å². The number of benzene rings is 1. The van der Waals surface area contributed by atoms with E-state index in [-0.39, 0.29) is 0 Å². The minimum Gasteiger partial charge on any atom is -0.453 e. The second kappa shape index (κ2) is 4.90. The highest BCUT2D eigenvalue weighted by molar-refractivity contribution is 5.82. The molecule has 2 aromatic heterocycles. The van der Waals surface area contributed by atoms with Gasteiger partial charge in [0.05, 0.1) is 6.20 Å². The third kappa shape index (κ3) is 2.39. The van der Waals surface area contributed by atoms with E-state index in [9.17, 15) is 0 Å². The molecule has 0 saturated carbocycles. The van der Waals surface area contributed by atoms with Crippen LogP contribution in [0.4, 0.5) is 0 Å². The van der Waals surface area contributed by atoms with E-state index >= 15 is 0 Å². The summed E-state index contributed by atoms with van der Waals surface area (Å²) in [5.74, 6) is 2.13. The first-order valence-corrected chi connectivity index (χ1v) is 6.36. The third-order valence-electron chi connectivity index (χ3n) is 3.06. The molecular formula is C15H16N2O2. The second-order valence-electron chi connectivity index (χ2n) is 4.62. The van der Waals surface area contributed by atoms with Gasteiger partial charge in [-0.15, -0.1) is 0 Å². The molecule has 1 N–H and O–H groups in total. The van der Waals surface area contributed by atoms with E-state index in [1.165, 1.54) is 5.56 Å². The van der Waals surface area contributed by atoms with E-state index in [1.54, 1.807) is 6.20 Å². The van der Waals surface area contributed by atoms with Crippen LogP contribution < -0.4 is 5.32 Å². The molecule has 2 heterocycles. The summed E-state index contributed by atoms with van der Waals surface area (Å²) in [6, 6.07) is 8.10. The van der Waals surface area contributed by atoms with Gasteiger partial charge in [0.1, 0.15) is 5.58 Å². The fourth-order valence-electron chi connectivity index (χ4n) is 2.06. The largest absolute Gasteiger partial charge is 0.453 e. The van der Waals surface area contributed by atoms with Gasteiger partial charge in [-0.1, -0.05) is 11.6 Å². The van der Waals surface area contributed by atoms with Crippen LogP contribution in [0.5, 0.6) is 0 Å². The van der Waals surface area contributed by atoms with Gasteiger partial charge in [0.2, 0.25) is 0 Å². The molecule has 4 nitrogen and oxygen atoms in total. The summed E-state index contributed by atoms with van der Waals surface area (Å²) in [5, 5.41) is 4.16. The van der Waals surface area contributed by atoms with Crippen LogP contribution in [-0.4, -0.2) is 18.6 Å². The van der Waals surface area contributed by atoms with Crippen LogP contribution >= 0.6 is 0 Å². The minimum atomic E-state index is 0.681. The molecule has 0 aliphatic rings. The first-order valence-electron chi connectivity index (χ1n) is 6.36. The number of rotatable bonds is 4. The van der Waals surface area contributed by atoms with Gasteiger partial charge in [-0.2, -0.15) is 0 Å². The number of oxazole rings is 1. The van der Waals surface area contributed by atoms with Crippen molar-refractivity contribution in [2.24, 2.45) is 0 Å². The molecule has 0 fully saturated rings. The van der Waals surface area contributed by atoms with Crippen LogP contribution in [0, 0.1) is 6.92 Å². The lowest BCUT2D eigenvalue weighted by Crippen LogP contribution is -2.10. The summed E-state index contributed by atoms with van der Waals surface area (Å²) in [7, 11) is 1.91. The van der Waals surface area contributed by atoms with Crippen molar-refractivity contribution in [1.82, 2.24) is 10.3 Å². The molecular weight excluding hydrogens is 240 g/mol. The summed E-state index contributed by atoms with van der Waals surface area (Å²) >= 11 is 0. The zero-order chi connectivity index (χ0) is 13.2. The third-order valence-corrected chi connectivity index (χ3v) is 3.06. The number of likely N-dealkylation sites (N-methyl/N-ethyl adjacent to an activating group) is 1. The lowest BCUT2D eigenvalue weighted by atomic mass is 10.2. The van der Waals surface area contributed by atoms with Crippen molar-refractivity contribution in [3.05, 3.63) is 41.9 Å². The van der Waals surface area contributed by atoms with Gasteiger partial charge in [-0.05, 0) is 32.2 Å². The molecule has 0 atom stereocenters.